The zero-order valence-electron chi connectivity index (χ0n) is 9.10. The van der Waals surface area contributed by atoms with Gasteiger partial charge in [-0.2, -0.15) is 0 Å². The van der Waals surface area contributed by atoms with E-state index in [9.17, 15) is 12.6 Å². The molecule has 0 radical (unpaired) electrons. The van der Waals surface area contributed by atoms with Crippen molar-refractivity contribution in [2.45, 2.75) is 39.5 Å². The fourth-order valence-corrected chi connectivity index (χ4v) is 4.75. The molecule has 0 aromatic heterocycles. The van der Waals surface area contributed by atoms with Gasteiger partial charge in [-0.15, -0.1) is 0 Å². The SMILES string of the molecule is CCCCS(=O)(=O)C(CCC)=S(N)(=O)O. The lowest BCUT2D eigenvalue weighted by molar-refractivity contribution is 0.560. The summed E-state index contributed by atoms with van der Waals surface area (Å²) in [5, 5.41) is 4.99. The van der Waals surface area contributed by atoms with E-state index in [1.54, 1.807) is 6.92 Å². The van der Waals surface area contributed by atoms with Crippen LogP contribution in [0.2, 0.25) is 0 Å². The second-order valence-corrected chi connectivity index (χ2v) is 7.38. The lowest BCUT2D eigenvalue weighted by atomic mass is 10.4. The number of hydrogen-bond donors (Lipinski definition) is 2. The number of rotatable bonds is 5. The molecule has 0 aromatic rings. The zero-order valence-corrected chi connectivity index (χ0v) is 10.7. The molecule has 0 spiro atoms. The molecule has 92 valence electrons. The van der Waals surface area contributed by atoms with Crippen LogP contribution >= 0.6 is 0 Å². The number of unbranched alkanes of at least 4 members (excludes halogenated alkanes) is 1. The van der Waals surface area contributed by atoms with Crippen LogP contribution in [0.5, 0.6) is 0 Å². The largest absolute Gasteiger partial charge is 0.302 e. The normalized spacial score (nSPS) is 16.0. The summed E-state index contributed by atoms with van der Waals surface area (Å²) in [5.41, 5.74) is 0. The Morgan fingerprint density at radius 2 is 1.73 bits per heavy atom. The standard InChI is InChI=1S/C8H19NO4S2/c1-3-5-7-14(10,11)8(6-4-2)15(9,12)13/h3-7H2,1-2H3,(H3,9,12,13). The summed E-state index contributed by atoms with van der Waals surface area (Å²) < 4.78 is 43.3. The summed E-state index contributed by atoms with van der Waals surface area (Å²) in [6.07, 6.45) is 1.73. The van der Waals surface area contributed by atoms with Gasteiger partial charge in [-0.05, 0) is 12.8 Å². The minimum atomic E-state index is -3.84. The second-order valence-electron chi connectivity index (χ2n) is 3.36. The van der Waals surface area contributed by atoms with Gasteiger partial charge in [-0.3, -0.25) is 0 Å². The van der Waals surface area contributed by atoms with E-state index in [4.69, 9.17) is 9.69 Å². The lowest BCUT2D eigenvalue weighted by Crippen LogP contribution is -2.30. The minimum absolute atomic E-state index is 0.0535. The predicted molar refractivity (Wildman–Crippen MR) is 63.6 cm³/mol. The molecule has 0 fully saturated rings. The summed E-state index contributed by atoms with van der Waals surface area (Å²) in [6, 6.07) is 0. The van der Waals surface area contributed by atoms with Crippen molar-refractivity contribution in [3.05, 3.63) is 0 Å². The Balaban J connectivity index is 5.22. The highest BCUT2D eigenvalue weighted by atomic mass is 32.3. The maximum atomic E-state index is 11.7. The third kappa shape index (κ3) is 4.96. The third-order valence-electron chi connectivity index (χ3n) is 1.89. The second kappa shape index (κ2) is 5.83. The molecular weight excluding hydrogens is 238 g/mol. The molecule has 5 nitrogen and oxygen atoms in total. The Morgan fingerprint density at radius 3 is 2.07 bits per heavy atom. The van der Waals surface area contributed by atoms with Gasteiger partial charge in [-0.25, -0.2) is 17.8 Å². The first-order valence-electron chi connectivity index (χ1n) is 4.88. The van der Waals surface area contributed by atoms with E-state index in [1.165, 1.54) is 0 Å². The molecular formula is C8H19NO4S2. The number of sulfone groups is 1. The van der Waals surface area contributed by atoms with E-state index in [0.29, 0.717) is 12.8 Å². The van der Waals surface area contributed by atoms with Crippen molar-refractivity contribution in [2.75, 3.05) is 5.75 Å². The summed E-state index contributed by atoms with van der Waals surface area (Å²) in [5.74, 6) is -0.104. The van der Waals surface area contributed by atoms with E-state index in [0.717, 1.165) is 6.42 Å². The predicted octanol–water partition coefficient (Wildman–Crippen LogP) is 0.762. The first kappa shape index (κ1) is 14.9. The van der Waals surface area contributed by atoms with Crippen molar-refractivity contribution >= 4 is 24.0 Å². The van der Waals surface area contributed by atoms with Gasteiger partial charge >= 0.3 is 0 Å². The Bertz CT molecular complexity index is 396. The van der Waals surface area contributed by atoms with Crippen molar-refractivity contribution in [3.63, 3.8) is 0 Å². The van der Waals surface area contributed by atoms with Crippen LogP contribution in [0.1, 0.15) is 39.5 Å². The summed E-state index contributed by atoms with van der Waals surface area (Å²) in [6.45, 7) is 3.59. The molecule has 0 aliphatic heterocycles. The molecule has 0 saturated carbocycles. The highest BCUT2D eigenvalue weighted by Crippen LogP contribution is 2.07. The summed E-state index contributed by atoms with van der Waals surface area (Å²) >= 11 is 0. The van der Waals surface area contributed by atoms with Crippen LogP contribution in [0.4, 0.5) is 0 Å². The van der Waals surface area contributed by atoms with Gasteiger partial charge in [0, 0.05) is 0 Å². The summed E-state index contributed by atoms with van der Waals surface area (Å²) in [7, 11) is -7.47. The average molecular weight is 257 g/mol. The summed E-state index contributed by atoms with van der Waals surface area (Å²) in [4.78, 5) is 0. The van der Waals surface area contributed by atoms with E-state index in [-0.39, 0.29) is 12.2 Å². The zero-order chi connectivity index (χ0) is 12.1. The Kier molecular flexibility index (Phi) is 5.79. The van der Waals surface area contributed by atoms with Gasteiger partial charge in [0.05, 0.1) is 5.75 Å². The van der Waals surface area contributed by atoms with E-state index >= 15 is 0 Å². The van der Waals surface area contributed by atoms with Crippen molar-refractivity contribution in [1.82, 2.24) is 0 Å². The smallest absolute Gasteiger partial charge is 0.185 e. The highest BCUT2D eigenvalue weighted by Gasteiger charge is 2.22. The maximum absolute atomic E-state index is 11.7. The maximum Gasteiger partial charge on any atom is 0.185 e. The molecule has 0 heterocycles. The molecule has 1 unspecified atom stereocenters. The molecule has 0 bridgehead atoms. The fraction of sp³-hybridized carbons (Fsp3) is 0.875. The van der Waals surface area contributed by atoms with Gasteiger partial charge in [-0.1, -0.05) is 26.7 Å². The molecule has 3 N–H and O–H groups in total. The highest BCUT2D eigenvalue weighted by molar-refractivity contribution is 8.21. The molecule has 0 rings (SSSR count). The van der Waals surface area contributed by atoms with Crippen molar-refractivity contribution in [2.24, 2.45) is 5.14 Å². The lowest BCUT2D eigenvalue weighted by Gasteiger charge is -2.09. The van der Waals surface area contributed by atoms with Crippen LogP contribution in [0.25, 0.3) is 0 Å². The molecule has 0 saturated heterocycles. The third-order valence-corrected chi connectivity index (χ3v) is 5.95. The molecule has 7 heteroatoms. The van der Waals surface area contributed by atoms with Crippen molar-refractivity contribution in [3.8, 4) is 0 Å². The first-order valence-corrected chi connectivity index (χ1v) is 8.11. The van der Waals surface area contributed by atoms with Crippen LogP contribution < -0.4 is 5.14 Å². The topological polar surface area (TPSA) is 97.5 Å². The molecule has 0 amide bonds. The van der Waals surface area contributed by atoms with Gasteiger partial charge in [0.15, 0.2) is 19.8 Å². The van der Waals surface area contributed by atoms with E-state index in [2.05, 4.69) is 0 Å². The monoisotopic (exact) mass is 257 g/mol. The number of hydrogen-bond acceptors (Lipinski definition) is 3. The van der Waals surface area contributed by atoms with E-state index < -0.39 is 24.0 Å². The van der Waals surface area contributed by atoms with Gasteiger partial charge in [0.2, 0.25) is 0 Å². The quantitative estimate of drug-likeness (QED) is 0.710. The fourth-order valence-electron chi connectivity index (χ4n) is 1.14. The van der Waals surface area contributed by atoms with E-state index in [1.807, 2.05) is 6.92 Å². The molecule has 1 atom stereocenters. The van der Waals surface area contributed by atoms with Crippen LogP contribution in [-0.4, -0.2) is 27.1 Å². The Morgan fingerprint density at radius 1 is 1.20 bits per heavy atom. The minimum Gasteiger partial charge on any atom is -0.302 e. The number of nitrogens with two attached hydrogens (primary N) is 1. The van der Waals surface area contributed by atoms with Crippen LogP contribution in [0.15, 0.2) is 0 Å². The van der Waals surface area contributed by atoms with Crippen molar-refractivity contribution in [1.29, 1.82) is 0 Å². The Labute approximate surface area is 91.9 Å². The first-order chi connectivity index (χ1) is 6.75. The van der Waals surface area contributed by atoms with Crippen molar-refractivity contribution < 1.29 is 17.2 Å². The Hall–Kier alpha value is -0.110. The van der Waals surface area contributed by atoms with Crippen LogP contribution in [0, 0.1) is 0 Å². The van der Waals surface area contributed by atoms with Crippen LogP contribution in [0.3, 0.4) is 0 Å². The van der Waals surface area contributed by atoms with Gasteiger partial charge in [0.1, 0.15) is 4.20 Å². The molecule has 0 aliphatic carbocycles. The van der Waals surface area contributed by atoms with Gasteiger partial charge < -0.3 is 4.55 Å². The van der Waals surface area contributed by atoms with Gasteiger partial charge in [0.25, 0.3) is 0 Å². The molecule has 0 aliphatic rings. The average Bonchev–Trinajstić information content (AvgIpc) is 2.09. The molecule has 15 heavy (non-hydrogen) atoms. The van der Waals surface area contributed by atoms with Crippen LogP contribution in [-0.2, 0) is 19.8 Å². The molecule has 0 aromatic carbocycles.